The standard InChI is InChI=1S/C18H19Cl2N5/c19-13-5-4-12(10-14(13)20)11-23-17-18(6-2-1-3-7-18)25-16-15(24-17)21-8-9-22-16/h4-5,8-10H,1-3,6-7,11H2,(H,22,25)(H,21,23,24). The Morgan fingerprint density at radius 1 is 1.04 bits per heavy atom. The number of amidine groups is 1. The molecule has 0 amide bonds. The van der Waals surface area contributed by atoms with Crippen LogP contribution in [0.15, 0.2) is 35.6 Å². The van der Waals surface area contributed by atoms with Crippen LogP contribution in [0.5, 0.6) is 0 Å². The molecule has 0 atom stereocenters. The van der Waals surface area contributed by atoms with Crippen molar-refractivity contribution in [1.29, 1.82) is 0 Å². The molecule has 1 aliphatic carbocycles. The molecule has 1 aromatic carbocycles. The summed E-state index contributed by atoms with van der Waals surface area (Å²) in [6.45, 7) is 0.634. The maximum Gasteiger partial charge on any atom is 0.197 e. The van der Waals surface area contributed by atoms with E-state index < -0.39 is 0 Å². The summed E-state index contributed by atoms with van der Waals surface area (Å²) in [4.78, 5) is 13.5. The minimum Gasteiger partial charge on any atom is -0.367 e. The Kier molecular flexibility index (Phi) is 4.52. The van der Waals surface area contributed by atoms with Gasteiger partial charge in [0.15, 0.2) is 11.6 Å². The van der Waals surface area contributed by atoms with Crippen LogP contribution in [-0.4, -0.2) is 21.3 Å². The van der Waals surface area contributed by atoms with E-state index in [1.54, 1.807) is 12.4 Å². The molecule has 25 heavy (non-hydrogen) atoms. The molecule has 130 valence electrons. The maximum atomic E-state index is 6.12. The molecule has 2 aliphatic rings. The van der Waals surface area contributed by atoms with Crippen molar-refractivity contribution < 1.29 is 0 Å². The van der Waals surface area contributed by atoms with Crippen LogP contribution in [0.3, 0.4) is 0 Å². The van der Waals surface area contributed by atoms with Gasteiger partial charge in [0.1, 0.15) is 5.84 Å². The van der Waals surface area contributed by atoms with Gasteiger partial charge in [-0.2, -0.15) is 0 Å². The maximum absolute atomic E-state index is 6.12. The summed E-state index contributed by atoms with van der Waals surface area (Å²) in [5.74, 6) is 2.34. The molecule has 2 heterocycles. The normalized spacial score (nSPS) is 18.2. The van der Waals surface area contributed by atoms with Crippen molar-refractivity contribution in [2.45, 2.75) is 44.2 Å². The zero-order valence-electron chi connectivity index (χ0n) is 13.7. The number of hydrogen-bond donors (Lipinski definition) is 2. The van der Waals surface area contributed by atoms with Crippen LogP contribution in [0.2, 0.25) is 10.0 Å². The fourth-order valence-corrected chi connectivity index (χ4v) is 3.88. The Hall–Kier alpha value is -1.85. The van der Waals surface area contributed by atoms with Crippen molar-refractivity contribution in [3.63, 3.8) is 0 Å². The second-order valence-corrected chi connectivity index (χ2v) is 7.37. The number of nitrogens with zero attached hydrogens (tertiary/aromatic N) is 3. The fourth-order valence-electron chi connectivity index (χ4n) is 3.56. The lowest BCUT2D eigenvalue weighted by Gasteiger charge is -2.41. The van der Waals surface area contributed by atoms with E-state index in [2.05, 4.69) is 20.6 Å². The summed E-state index contributed by atoms with van der Waals surface area (Å²) in [7, 11) is 0. The van der Waals surface area contributed by atoms with E-state index in [1.807, 2.05) is 18.2 Å². The van der Waals surface area contributed by atoms with Crippen molar-refractivity contribution in [3.8, 4) is 0 Å². The van der Waals surface area contributed by atoms with Crippen molar-refractivity contribution in [2.24, 2.45) is 4.99 Å². The Labute approximate surface area is 156 Å². The Balaban J connectivity index is 1.62. The van der Waals surface area contributed by atoms with Crippen LogP contribution in [0.25, 0.3) is 0 Å². The number of aliphatic imine (C=N–C) groups is 1. The molecular weight excluding hydrogens is 357 g/mol. The van der Waals surface area contributed by atoms with Gasteiger partial charge < -0.3 is 10.6 Å². The first-order chi connectivity index (χ1) is 12.2. The van der Waals surface area contributed by atoms with Crippen molar-refractivity contribution >= 4 is 40.7 Å². The molecule has 2 aromatic rings. The van der Waals surface area contributed by atoms with E-state index >= 15 is 0 Å². The first-order valence-electron chi connectivity index (χ1n) is 8.52. The third kappa shape index (κ3) is 3.31. The lowest BCUT2D eigenvalue weighted by atomic mass is 9.79. The molecule has 1 fully saturated rings. The third-order valence-corrected chi connectivity index (χ3v) is 5.60. The number of nitrogens with one attached hydrogen (secondary N) is 2. The molecule has 0 radical (unpaired) electrons. The monoisotopic (exact) mass is 375 g/mol. The minimum atomic E-state index is -0.183. The molecular formula is C18H19Cl2N5. The third-order valence-electron chi connectivity index (χ3n) is 4.86. The average Bonchev–Trinajstić information content (AvgIpc) is 2.63. The highest BCUT2D eigenvalue weighted by atomic mass is 35.5. The minimum absolute atomic E-state index is 0.183. The van der Waals surface area contributed by atoms with Gasteiger partial charge in [0.25, 0.3) is 0 Å². The summed E-state index contributed by atoms with van der Waals surface area (Å²) in [6.07, 6.45) is 9.06. The van der Waals surface area contributed by atoms with E-state index in [9.17, 15) is 0 Å². The highest BCUT2D eigenvalue weighted by Gasteiger charge is 2.41. The molecule has 1 saturated carbocycles. The average molecular weight is 376 g/mol. The number of aromatic nitrogens is 2. The van der Waals surface area contributed by atoms with Crippen LogP contribution < -0.4 is 10.6 Å². The van der Waals surface area contributed by atoms with E-state index in [4.69, 9.17) is 28.2 Å². The van der Waals surface area contributed by atoms with Gasteiger partial charge in [-0.15, -0.1) is 0 Å². The predicted molar refractivity (Wildman–Crippen MR) is 102 cm³/mol. The molecule has 0 bridgehead atoms. The largest absolute Gasteiger partial charge is 0.367 e. The van der Waals surface area contributed by atoms with E-state index in [0.29, 0.717) is 22.4 Å². The van der Waals surface area contributed by atoms with Gasteiger partial charge in [-0.1, -0.05) is 48.5 Å². The molecule has 2 N–H and O–H groups in total. The number of fused-ring (bicyclic) bond motifs is 1. The number of benzene rings is 1. The molecule has 0 saturated heterocycles. The highest BCUT2D eigenvalue weighted by molar-refractivity contribution is 6.42. The molecule has 4 rings (SSSR count). The van der Waals surface area contributed by atoms with Crippen molar-refractivity contribution in [3.05, 3.63) is 46.2 Å². The van der Waals surface area contributed by atoms with Crippen LogP contribution in [0.4, 0.5) is 11.6 Å². The van der Waals surface area contributed by atoms with Crippen molar-refractivity contribution in [1.82, 2.24) is 15.3 Å². The Morgan fingerprint density at radius 3 is 2.64 bits per heavy atom. The van der Waals surface area contributed by atoms with Gasteiger partial charge >= 0.3 is 0 Å². The van der Waals surface area contributed by atoms with Gasteiger partial charge in [0.2, 0.25) is 0 Å². The zero-order valence-corrected chi connectivity index (χ0v) is 15.2. The summed E-state index contributed by atoms with van der Waals surface area (Å²) in [5, 5.41) is 8.24. The highest BCUT2D eigenvalue weighted by Crippen LogP contribution is 2.38. The molecule has 1 aromatic heterocycles. The van der Waals surface area contributed by atoms with Gasteiger partial charge in [-0.25, -0.2) is 15.0 Å². The second-order valence-electron chi connectivity index (χ2n) is 6.56. The lowest BCUT2D eigenvalue weighted by molar-refractivity contribution is 0.395. The summed E-state index contributed by atoms with van der Waals surface area (Å²) in [6, 6.07) is 5.67. The van der Waals surface area contributed by atoms with Gasteiger partial charge in [0, 0.05) is 18.9 Å². The van der Waals surface area contributed by atoms with E-state index in [0.717, 1.165) is 30.1 Å². The molecule has 7 heteroatoms. The van der Waals surface area contributed by atoms with E-state index in [1.165, 1.54) is 19.3 Å². The van der Waals surface area contributed by atoms with Gasteiger partial charge in [-0.05, 0) is 30.5 Å². The summed E-state index contributed by atoms with van der Waals surface area (Å²) < 4.78 is 0. The first-order valence-corrected chi connectivity index (χ1v) is 9.28. The molecule has 1 spiro atoms. The van der Waals surface area contributed by atoms with Crippen molar-refractivity contribution in [2.75, 3.05) is 5.32 Å². The first kappa shape index (κ1) is 16.6. The molecule has 5 nitrogen and oxygen atoms in total. The van der Waals surface area contributed by atoms with Crippen LogP contribution >= 0.6 is 23.2 Å². The quantitative estimate of drug-likeness (QED) is 0.795. The fraction of sp³-hybridized carbons (Fsp3) is 0.389. The molecule has 0 unspecified atom stereocenters. The van der Waals surface area contributed by atoms with Crippen LogP contribution in [0.1, 0.15) is 37.7 Å². The zero-order chi connectivity index (χ0) is 17.3. The Bertz CT molecular complexity index is 815. The summed E-state index contributed by atoms with van der Waals surface area (Å²) >= 11 is 12.1. The van der Waals surface area contributed by atoms with Gasteiger partial charge in [-0.3, -0.25) is 0 Å². The number of hydrogen-bond acceptors (Lipinski definition) is 5. The smallest absolute Gasteiger partial charge is 0.197 e. The molecule has 1 aliphatic heterocycles. The second kappa shape index (κ2) is 6.81. The van der Waals surface area contributed by atoms with Crippen LogP contribution in [0, 0.1) is 0 Å². The summed E-state index contributed by atoms with van der Waals surface area (Å²) in [5.41, 5.74) is 0.880. The number of halogens is 2. The Morgan fingerprint density at radius 2 is 1.84 bits per heavy atom. The topological polar surface area (TPSA) is 62.2 Å². The SMILES string of the molecule is Clc1ccc(CNC2=Nc3nccnc3NC23CCCCC3)cc1Cl. The lowest BCUT2D eigenvalue weighted by Crippen LogP contribution is -2.55. The predicted octanol–water partition coefficient (Wildman–Crippen LogP) is 4.73. The number of rotatable bonds is 2. The van der Waals surface area contributed by atoms with E-state index in [-0.39, 0.29) is 5.54 Å². The number of anilines is 1. The van der Waals surface area contributed by atoms with Gasteiger partial charge in [0.05, 0.1) is 15.6 Å². The van der Waals surface area contributed by atoms with Crippen LogP contribution in [-0.2, 0) is 6.54 Å².